The Morgan fingerprint density at radius 3 is 2.72 bits per heavy atom. The third-order valence-corrected chi connectivity index (χ3v) is 7.23. The Kier molecular flexibility index (Phi) is 7.51. The van der Waals surface area contributed by atoms with Gasteiger partial charge < -0.3 is 14.7 Å². The standard InChI is InChI=1S/C27H32N2O2S/c1-19(2)24-6-4-5-7-25(24)21-9-10-26(22(14-21)17-30)29-13-12-23(16-29)32-27-11-8-20(15-28-27)18-31-3/h4-11,14-15,19,23,30H,12-13,16-18H2,1-3H3/t23-/m0/s1. The molecule has 5 heteroatoms. The van der Waals surface area contributed by atoms with Crippen LogP contribution in [0.25, 0.3) is 11.1 Å². The van der Waals surface area contributed by atoms with E-state index in [9.17, 15) is 5.11 Å². The highest BCUT2D eigenvalue weighted by Gasteiger charge is 2.25. The summed E-state index contributed by atoms with van der Waals surface area (Å²) in [5.74, 6) is 0.456. The normalized spacial score (nSPS) is 16.2. The first-order chi connectivity index (χ1) is 15.6. The molecule has 4 nitrogen and oxygen atoms in total. The van der Waals surface area contributed by atoms with Crippen molar-refractivity contribution in [1.29, 1.82) is 0 Å². The molecule has 1 aliphatic heterocycles. The first-order valence-electron chi connectivity index (χ1n) is 11.3. The van der Waals surface area contributed by atoms with Crippen molar-refractivity contribution in [2.45, 2.75) is 49.7 Å². The van der Waals surface area contributed by atoms with E-state index in [1.807, 2.05) is 18.0 Å². The van der Waals surface area contributed by atoms with Crippen LogP contribution in [-0.2, 0) is 18.0 Å². The Morgan fingerprint density at radius 2 is 2.00 bits per heavy atom. The van der Waals surface area contributed by atoms with Crippen molar-refractivity contribution in [3.8, 4) is 11.1 Å². The summed E-state index contributed by atoms with van der Waals surface area (Å²) >= 11 is 1.84. The second kappa shape index (κ2) is 10.5. The lowest BCUT2D eigenvalue weighted by molar-refractivity contribution is 0.184. The Labute approximate surface area is 195 Å². The third kappa shape index (κ3) is 5.17. The molecule has 1 N–H and O–H groups in total. The Bertz CT molecular complexity index is 1040. The van der Waals surface area contributed by atoms with Gasteiger partial charge in [0.05, 0.1) is 18.2 Å². The highest BCUT2D eigenvalue weighted by molar-refractivity contribution is 7.99. The molecule has 3 aromatic rings. The van der Waals surface area contributed by atoms with E-state index in [0.717, 1.165) is 41.4 Å². The van der Waals surface area contributed by atoms with E-state index in [1.54, 1.807) is 7.11 Å². The Hall–Kier alpha value is -2.34. The highest BCUT2D eigenvalue weighted by Crippen LogP contribution is 2.36. The second-order valence-electron chi connectivity index (χ2n) is 8.66. The van der Waals surface area contributed by atoms with Crippen LogP contribution in [0.1, 0.15) is 42.9 Å². The summed E-state index contributed by atoms with van der Waals surface area (Å²) in [5.41, 5.74) is 7.00. The van der Waals surface area contributed by atoms with Gasteiger partial charge in [-0.3, -0.25) is 0 Å². The van der Waals surface area contributed by atoms with E-state index in [2.05, 4.69) is 78.3 Å². The molecular formula is C27H32N2O2S. The lowest BCUT2D eigenvalue weighted by atomic mass is 9.91. The van der Waals surface area contributed by atoms with Crippen molar-refractivity contribution >= 4 is 17.4 Å². The molecule has 0 amide bonds. The molecule has 0 bridgehead atoms. The molecule has 32 heavy (non-hydrogen) atoms. The molecule has 1 atom stereocenters. The topological polar surface area (TPSA) is 45.6 Å². The van der Waals surface area contributed by atoms with Crippen LogP contribution in [0.4, 0.5) is 5.69 Å². The van der Waals surface area contributed by atoms with E-state index >= 15 is 0 Å². The van der Waals surface area contributed by atoms with Crippen molar-refractivity contribution in [1.82, 2.24) is 4.98 Å². The largest absolute Gasteiger partial charge is 0.392 e. The smallest absolute Gasteiger partial charge is 0.0963 e. The van der Waals surface area contributed by atoms with Gasteiger partial charge in [-0.2, -0.15) is 0 Å². The molecule has 0 aliphatic carbocycles. The summed E-state index contributed by atoms with van der Waals surface area (Å²) in [6.45, 7) is 7.04. The first-order valence-corrected chi connectivity index (χ1v) is 12.2. The van der Waals surface area contributed by atoms with Gasteiger partial charge in [-0.25, -0.2) is 4.98 Å². The van der Waals surface area contributed by atoms with E-state index in [0.29, 0.717) is 17.8 Å². The van der Waals surface area contributed by atoms with E-state index in [-0.39, 0.29) is 6.61 Å². The number of aromatic nitrogens is 1. The lowest BCUT2D eigenvalue weighted by Crippen LogP contribution is -2.21. The minimum Gasteiger partial charge on any atom is -0.392 e. The van der Waals surface area contributed by atoms with Crippen LogP contribution in [0.2, 0.25) is 0 Å². The molecule has 1 fully saturated rings. The molecule has 0 spiro atoms. The minimum atomic E-state index is 0.0455. The van der Waals surface area contributed by atoms with Crippen molar-refractivity contribution in [2.24, 2.45) is 0 Å². The number of ether oxygens (including phenoxy) is 1. The van der Waals surface area contributed by atoms with Crippen LogP contribution in [0.15, 0.2) is 65.8 Å². The lowest BCUT2D eigenvalue weighted by Gasteiger charge is -2.23. The second-order valence-corrected chi connectivity index (χ2v) is 9.98. The van der Waals surface area contributed by atoms with E-state index in [4.69, 9.17) is 4.74 Å². The molecule has 0 saturated carbocycles. The van der Waals surface area contributed by atoms with Crippen LogP contribution < -0.4 is 4.90 Å². The minimum absolute atomic E-state index is 0.0455. The summed E-state index contributed by atoms with van der Waals surface area (Å²) in [6.07, 6.45) is 3.01. The fourth-order valence-corrected chi connectivity index (χ4v) is 5.48. The number of anilines is 1. The maximum Gasteiger partial charge on any atom is 0.0963 e. The summed E-state index contributed by atoms with van der Waals surface area (Å²) in [7, 11) is 1.70. The third-order valence-electron chi connectivity index (χ3n) is 6.03. The molecule has 0 radical (unpaired) electrons. The summed E-state index contributed by atoms with van der Waals surface area (Å²) in [6, 6.07) is 19.3. The van der Waals surface area contributed by atoms with Gasteiger partial charge in [0.1, 0.15) is 0 Å². The van der Waals surface area contributed by atoms with Gasteiger partial charge in [0.2, 0.25) is 0 Å². The number of hydrogen-bond acceptors (Lipinski definition) is 5. The molecular weight excluding hydrogens is 416 g/mol. The monoisotopic (exact) mass is 448 g/mol. The molecule has 4 rings (SSSR count). The number of aliphatic hydroxyl groups is 1. The number of rotatable bonds is 8. The van der Waals surface area contributed by atoms with Crippen LogP contribution in [0.3, 0.4) is 0 Å². The van der Waals surface area contributed by atoms with E-state index in [1.165, 1.54) is 16.7 Å². The number of pyridine rings is 1. The predicted molar refractivity (Wildman–Crippen MR) is 133 cm³/mol. The SMILES string of the molecule is COCc1ccc(S[C@H]2CCN(c3ccc(-c4ccccc4C(C)C)cc3CO)C2)nc1. The Morgan fingerprint density at radius 1 is 1.16 bits per heavy atom. The number of aliphatic hydroxyl groups excluding tert-OH is 1. The maximum absolute atomic E-state index is 10.1. The number of thioether (sulfide) groups is 1. The van der Waals surface area contributed by atoms with Crippen molar-refractivity contribution in [3.05, 3.63) is 77.5 Å². The molecule has 1 aromatic heterocycles. The molecule has 0 unspecified atom stereocenters. The number of hydrogen-bond donors (Lipinski definition) is 1. The molecule has 1 aliphatic rings. The fraction of sp³-hybridized carbons (Fsp3) is 0.370. The fourth-order valence-electron chi connectivity index (χ4n) is 4.40. The quantitative estimate of drug-likeness (QED) is 0.466. The first kappa shape index (κ1) is 22.8. The zero-order chi connectivity index (χ0) is 22.5. The molecule has 168 valence electrons. The van der Waals surface area contributed by atoms with Gasteiger partial charge in [0.25, 0.3) is 0 Å². The van der Waals surface area contributed by atoms with Gasteiger partial charge in [-0.15, -0.1) is 11.8 Å². The predicted octanol–water partition coefficient (Wildman–Crippen LogP) is 5.88. The van der Waals surface area contributed by atoms with Crippen molar-refractivity contribution < 1.29 is 9.84 Å². The number of benzene rings is 2. The maximum atomic E-state index is 10.1. The number of nitrogens with zero attached hydrogens (tertiary/aromatic N) is 2. The highest BCUT2D eigenvalue weighted by atomic mass is 32.2. The van der Waals surface area contributed by atoms with Gasteiger partial charge in [0, 0.05) is 42.9 Å². The van der Waals surface area contributed by atoms with Gasteiger partial charge in [0.15, 0.2) is 0 Å². The number of methoxy groups -OCH3 is 1. The average Bonchev–Trinajstić information content (AvgIpc) is 3.28. The van der Waals surface area contributed by atoms with Crippen LogP contribution in [-0.4, -0.2) is 35.5 Å². The molecule has 2 heterocycles. The van der Waals surface area contributed by atoms with Crippen LogP contribution in [0.5, 0.6) is 0 Å². The zero-order valence-electron chi connectivity index (χ0n) is 19.1. The van der Waals surface area contributed by atoms with Crippen molar-refractivity contribution in [2.75, 3.05) is 25.1 Å². The van der Waals surface area contributed by atoms with Crippen LogP contribution >= 0.6 is 11.8 Å². The van der Waals surface area contributed by atoms with Gasteiger partial charge in [-0.05, 0) is 52.8 Å². The zero-order valence-corrected chi connectivity index (χ0v) is 19.9. The summed E-state index contributed by atoms with van der Waals surface area (Å²) in [4.78, 5) is 6.99. The van der Waals surface area contributed by atoms with Gasteiger partial charge in [-0.1, -0.05) is 50.2 Å². The van der Waals surface area contributed by atoms with Gasteiger partial charge >= 0.3 is 0 Å². The Balaban J connectivity index is 1.48. The average molecular weight is 449 g/mol. The summed E-state index contributed by atoms with van der Waals surface area (Å²) in [5, 5.41) is 11.7. The summed E-state index contributed by atoms with van der Waals surface area (Å²) < 4.78 is 5.17. The molecule has 1 saturated heterocycles. The molecule has 2 aromatic carbocycles. The van der Waals surface area contributed by atoms with Crippen LogP contribution in [0, 0.1) is 0 Å². The van der Waals surface area contributed by atoms with Crippen molar-refractivity contribution in [3.63, 3.8) is 0 Å². The van der Waals surface area contributed by atoms with E-state index < -0.39 is 0 Å².